The summed E-state index contributed by atoms with van der Waals surface area (Å²) in [6, 6.07) is 2.57. The van der Waals surface area contributed by atoms with E-state index in [-0.39, 0.29) is 23.8 Å². The molecule has 0 saturated carbocycles. The molecule has 1 unspecified atom stereocenters. The molecule has 0 radical (unpaired) electrons. The summed E-state index contributed by atoms with van der Waals surface area (Å²) in [5.74, 6) is -1.82. The Morgan fingerprint density at radius 2 is 2.05 bits per heavy atom. The number of rotatable bonds is 3. The van der Waals surface area contributed by atoms with Gasteiger partial charge in [0.05, 0.1) is 6.10 Å². The van der Waals surface area contributed by atoms with Crippen LogP contribution in [0.25, 0.3) is 0 Å². The van der Waals surface area contributed by atoms with Crippen molar-refractivity contribution in [2.75, 3.05) is 0 Å². The largest absolute Gasteiger partial charge is 0.421 e. The average molecular weight is 302 g/mol. The van der Waals surface area contributed by atoms with Gasteiger partial charge in [-0.05, 0) is 26.0 Å². The fourth-order valence-electron chi connectivity index (χ4n) is 1.22. The van der Waals surface area contributed by atoms with Crippen molar-refractivity contribution in [3.8, 4) is 5.75 Å². The molecule has 108 valence electrons. The number of nitrogens with zero attached hydrogens (tertiary/aromatic N) is 3. The minimum Gasteiger partial charge on any atom is -0.421 e. The lowest BCUT2D eigenvalue weighted by atomic mass is 10.3. The zero-order chi connectivity index (χ0) is 14.7. The summed E-state index contributed by atoms with van der Waals surface area (Å²) in [6.45, 7) is 3.60. The van der Waals surface area contributed by atoms with E-state index in [1.807, 2.05) is 0 Å². The van der Waals surface area contributed by atoms with Crippen molar-refractivity contribution in [1.29, 1.82) is 0 Å². The number of amidine groups is 1. The van der Waals surface area contributed by atoms with Crippen molar-refractivity contribution in [2.24, 2.45) is 19.5 Å². The van der Waals surface area contributed by atoms with E-state index in [1.165, 1.54) is 0 Å². The minimum absolute atomic E-state index is 0.101. The summed E-state index contributed by atoms with van der Waals surface area (Å²) in [4.78, 5) is 3.70. The van der Waals surface area contributed by atoms with E-state index >= 15 is 0 Å². The molecule has 0 bridgehead atoms. The van der Waals surface area contributed by atoms with E-state index in [4.69, 9.17) is 14.7 Å². The maximum Gasteiger partial charge on any atom is 0.335 e. The van der Waals surface area contributed by atoms with Gasteiger partial charge in [-0.25, -0.2) is 8.78 Å². The van der Waals surface area contributed by atoms with Crippen LogP contribution in [0.1, 0.15) is 13.8 Å². The first-order chi connectivity index (χ1) is 9.44. The van der Waals surface area contributed by atoms with Gasteiger partial charge in [-0.2, -0.15) is 4.99 Å². The smallest absolute Gasteiger partial charge is 0.335 e. The number of benzene rings is 1. The van der Waals surface area contributed by atoms with Crippen molar-refractivity contribution in [3.05, 3.63) is 29.8 Å². The van der Waals surface area contributed by atoms with E-state index in [0.29, 0.717) is 0 Å². The SMILES string of the molecule is CC(C)OS1=NC(N)=NC(Oc2cc(F)ccc2F)=N1. The number of nitrogens with two attached hydrogens (primary N) is 1. The lowest BCUT2D eigenvalue weighted by molar-refractivity contribution is 0.282. The van der Waals surface area contributed by atoms with Gasteiger partial charge in [0.25, 0.3) is 0 Å². The van der Waals surface area contributed by atoms with Gasteiger partial charge in [0.15, 0.2) is 22.7 Å². The molecule has 1 aromatic carbocycles. The van der Waals surface area contributed by atoms with Crippen LogP contribution in [0.3, 0.4) is 0 Å². The van der Waals surface area contributed by atoms with Gasteiger partial charge in [0, 0.05) is 6.07 Å². The molecule has 1 aliphatic rings. The van der Waals surface area contributed by atoms with Crippen LogP contribution in [-0.2, 0) is 15.3 Å². The maximum atomic E-state index is 13.5. The zero-order valence-electron chi connectivity index (χ0n) is 10.7. The van der Waals surface area contributed by atoms with Crippen molar-refractivity contribution < 1.29 is 17.7 Å². The van der Waals surface area contributed by atoms with Crippen LogP contribution in [0.4, 0.5) is 8.78 Å². The minimum atomic E-state index is -1.20. The van der Waals surface area contributed by atoms with Crippen molar-refractivity contribution in [2.45, 2.75) is 20.0 Å². The Kier molecular flexibility index (Phi) is 4.40. The Morgan fingerprint density at radius 1 is 1.30 bits per heavy atom. The Bertz CT molecular complexity index is 616. The molecule has 0 fully saturated rings. The molecule has 1 aromatic rings. The summed E-state index contributed by atoms with van der Waals surface area (Å²) in [5, 5.41) is 0. The second-order valence-corrected chi connectivity index (χ2v) is 5.01. The molecule has 0 saturated heterocycles. The van der Waals surface area contributed by atoms with Crippen LogP contribution < -0.4 is 10.5 Å². The number of halogens is 2. The molecule has 2 N–H and O–H groups in total. The molecule has 0 aromatic heterocycles. The van der Waals surface area contributed by atoms with Crippen LogP contribution in [0.2, 0.25) is 0 Å². The summed E-state index contributed by atoms with van der Waals surface area (Å²) in [7, 11) is 0. The predicted octanol–water partition coefficient (Wildman–Crippen LogP) is 2.08. The van der Waals surface area contributed by atoms with E-state index in [2.05, 4.69) is 13.8 Å². The van der Waals surface area contributed by atoms with Gasteiger partial charge >= 0.3 is 6.02 Å². The highest BCUT2D eigenvalue weighted by Crippen LogP contribution is 2.19. The van der Waals surface area contributed by atoms with Gasteiger partial charge < -0.3 is 10.5 Å². The first-order valence-electron chi connectivity index (χ1n) is 5.63. The van der Waals surface area contributed by atoms with Crippen molar-refractivity contribution in [1.82, 2.24) is 0 Å². The Morgan fingerprint density at radius 3 is 2.75 bits per heavy atom. The summed E-state index contributed by atoms with van der Waals surface area (Å²) in [6.07, 6.45) is -0.135. The fourth-order valence-corrected chi connectivity index (χ4v) is 2.10. The van der Waals surface area contributed by atoms with E-state index < -0.39 is 22.8 Å². The Balaban J connectivity index is 2.23. The molecule has 0 spiro atoms. The summed E-state index contributed by atoms with van der Waals surface area (Å²) < 4.78 is 44.7. The van der Waals surface area contributed by atoms with Gasteiger partial charge in [0.1, 0.15) is 5.82 Å². The topological polar surface area (TPSA) is 81.6 Å². The molecular formula is C11H12F2N4O2S. The fraction of sp³-hybridized carbons (Fsp3) is 0.273. The highest BCUT2D eigenvalue weighted by molar-refractivity contribution is 7.81. The van der Waals surface area contributed by atoms with Gasteiger partial charge in [-0.1, -0.05) is 0 Å². The van der Waals surface area contributed by atoms with Gasteiger partial charge in [-0.3, -0.25) is 4.18 Å². The molecule has 0 aliphatic carbocycles. The number of aliphatic imine (C=N–C) groups is 1. The lowest BCUT2D eigenvalue weighted by Crippen LogP contribution is -2.22. The number of guanidine groups is 1. The molecule has 1 heterocycles. The van der Waals surface area contributed by atoms with Crippen molar-refractivity contribution in [3.63, 3.8) is 0 Å². The molecule has 9 heteroatoms. The molecule has 0 amide bonds. The van der Waals surface area contributed by atoms with Crippen LogP contribution in [0.15, 0.2) is 32.0 Å². The summed E-state index contributed by atoms with van der Waals surface area (Å²) in [5.41, 5.74) is 5.49. The van der Waals surface area contributed by atoms with Crippen LogP contribution in [-0.4, -0.2) is 18.1 Å². The monoisotopic (exact) mass is 302 g/mol. The molecule has 1 aliphatic heterocycles. The van der Waals surface area contributed by atoms with Crippen LogP contribution >= 0.6 is 0 Å². The standard InChI is InChI=1S/C11H12F2N4O2S/c1-6(2)19-20-16-10(14)15-11(17-20)18-9-5-7(12)3-4-8(9)13/h3-6H,1-2H3,(H2,14,15,16,17). The Labute approximate surface area is 116 Å². The predicted molar refractivity (Wildman–Crippen MR) is 72.1 cm³/mol. The van der Waals surface area contributed by atoms with Gasteiger partial charge in [0.2, 0.25) is 5.96 Å². The van der Waals surface area contributed by atoms with E-state index in [9.17, 15) is 8.78 Å². The summed E-state index contributed by atoms with van der Waals surface area (Å²) >= 11 is -1.20. The maximum absolute atomic E-state index is 13.5. The first-order valence-corrected chi connectivity index (χ1v) is 6.69. The molecule has 2 rings (SSSR count). The normalized spacial score (nSPS) is 18.4. The third-order valence-corrected chi connectivity index (χ3v) is 3.12. The van der Waals surface area contributed by atoms with Gasteiger partial charge in [-0.15, -0.1) is 8.76 Å². The van der Waals surface area contributed by atoms with E-state index in [0.717, 1.165) is 18.2 Å². The molecule has 1 atom stereocenters. The first kappa shape index (κ1) is 14.5. The highest BCUT2D eigenvalue weighted by Gasteiger charge is 2.15. The molecule has 20 heavy (non-hydrogen) atoms. The molecular weight excluding hydrogens is 290 g/mol. The van der Waals surface area contributed by atoms with Crippen LogP contribution in [0.5, 0.6) is 5.75 Å². The zero-order valence-corrected chi connectivity index (χ0v) is 11.5. The second kappa shape index (κ2) is 6.06. The number of hydrogen-bond acceptors (Lipinski definition) is 6. The lowest BCUT2D eigenvalue weighted by Gasteiger charge is -2.12. The number of hydrogen-bond donors (Lipinski definition) is 1. The van der Waals surface area contributed by atoms with Crippen molar-refractivity contribution >= 4 is 23.1 Å². The molecule has 6 nitrogen and oxygen atoms in total. The van der Waals surface area contributed by atoms with E-state index in [1.54, 1.807) is 13.8 Å². The second-order valence-electron chi connectivity index (χ2n) is 3.99. The highest BCUT2D eigenvalue weighted by atomic mass is 32.2. The third-order valence-electron chi connectivity index (χ3n) is 1.91. The average Bonchev–Trinajstić information content (AvgIpc) is 2.32. The number of ether oxygens (including phenoxy) is 1. The quantitative estimate of drug-likeness (QED) is 0.928. The Hall–Kier alpha value is -1.87. The third kappa shape index (κ3) is 3.81. The van der Waals surface area contributed by atoms with Crippen LogP contribution in [0, 0.1) is 11.6 Å².